The highest BCUT2D eigenvalue weighted by atomic mass is 16.3. The molecule has 112 valence electrons. The molecule has 1 amide bonds. The van der Waals surface area contributed by atoms with Crippen molar-refractivity contribution in [3.8, 4) is 0 Å². The first-order chi connectivity index (χ1) is 8.74. The van der Waals surface area contributed by atoms with Crippen LogP contribution >= 0.6 is 0 Å². The van der Waals surface area contributed by atoms with Crippen LogP contribution in [0.3, 0.4) is 0 Å². The van der Waals surface area contributed by atoms with E-state index in [0.29, 0.717) is 0 Å². The molecule has 1 saturated carbocycles. The molecule has 0 unspecified atom stereocenters. The third kappa shape index (κ3) is 17.8. The first kappa shape index (κ1) is 22.6. The second kappa shape index (κ2) is 21.7. The number of carbonyl (C=O) groups excluding carboxylic acids is 1. The third-order valence-electron chi connectivity index (χ3n) is 2.72. The van der Waals surface area contributed by atoms with Crippen LogP contribution in [0.5, 0.6) is 0 Å². The van der Waals surface area contributed by atoms with Crippen LogP contribution in [0, 0.1) is 5.92 Å². The summed E-state index contributed by atoms with van der Waals surface area (Å²) in [4.78, 5) is 9.82. The summed E-state index contributed by atoms with van der Waals surface area (Å²) in [6.07, 6.45) is 8.93. The van der Waals surface area contributed by atoms with Gasteiger partial charge >= 0.3 is 0 Å². The fourth-order valence-corrected chi connectivity index (χ4v) is 1.67. The van der Waals surface area contributed by atoms with E-state index < -0.39 is 6.61 Å². The van der Waals surface area contributed by atoms with Gasteiger partial charge in [-0.2, -0.15) is 0 Å². The highest BCUT2D eigenvalue weighted by Gasteiger charge is 2.09. The Morgan fingerprint density at radius 3 is 1.72 bits per heavy atom. The molecule has 1 rings (SSSR count). The van der Waals surface area contributed by atoms with Crippen molar-refractivity contribution in [1.29, 1.82) is 0 Å². The summed E-state index contributed by atoms with van der Waals surface area (Å²) in [7, 11) is 1.47. The zero-order chi connectivity index (χ0) is 14.8. The first-order valence-electron chi connectivity index (χ1n) is 7.56. The summed E-state index contributed by atoms with van der Waals surface area (Å²) < 4.78 is 0. The molecule has 0 saturated heterocycles. The molecular weight excluding hydrogens is 226 g/mol. The van der Waals surface area contributed by atoms with Crippen LogP contribution in [0.1, 0.15) is 73.1 Å². The molecule has 3 nitrogen and oxygen atoms in total. The number of rotatable bonds is 2. The predicted molar refractivity (Wildman–Crippen MR) is 80.7 cm³/mol. The fraction of sp³-hybridized carbons (Fsp3) is 0.933. The quantitative estimate of drug-likeness (QED) is 0.795. The zero-order valence-corrected chi connectivity index (χ0v) is 13.4. The predicted octanol–water partition coefficient (Wildman–Crippen LogP) is 3.75. The van der Waals surface area contributed by atoms with E-state index in [1.807, 2.05) is 27.7 Å². The van der Waals surface area contributed by atoms with Gasteiger partial charge in [0.1, 0.15) is 6.61 Å². The minimum absolute atomic E-state index is 0.352. The largest absolute Gasteiger partial charge is 0.387 e. The van der Waals surface area contributed by atoms with Crippen molar-refractivity contribution in [2.75, 3.05) is 13.7 Å². The van der Waals surface area contributed by atoms with Crippen molar-refractivity contribution in [3.63, 3.8) is 0 Å². The molecule has 0 aromatic carbocycles. The van der Waals surface area contributed by atoms with Gasteiger partial charge in [-0.15, -0.1) is 0 Å². The maximum absolute atomic E-state index is 9.82. The summed E-state index contributed by atoms with van der Waals surface area (Å²) >= 11 is 0. The maximum Gasteiger partial charge on any atom is 0.245 e. The lowest BCUT2D eigenvalue weighted by molar-refractivity contribution is -0.123. The lowest BCUT2D eigenvalue weighted by Crippen LogP contribution is -2.20. The van der Waals surface area contributed by atoms with Crippen molar-refractivity contribution >= 4 is 5.91 Å². The van der Waals surface area contributed by atoms with Crippen molar-refractivity contribution in [2.24, 2.45) is 5.92 Å². The number of carbonyl (C=O) groups is 1. The molecule has 0 heterocycles. The minimum atomic E-state index is -0.420. The summed E-state index contributed by atoms with van der Waals surface area (Å²) in [5.74, 6) is 0.735. The van der Waals surface area contributed by atoms with E-state index in [1.54, 1.807) is 0 Å². The van der Waals surface area contributed by atoms with Gasteiger partial charge in [-0.05, 0) is 5.92 Å². The van der Waals surface area contributed by atoms with Gasteiger partial charge < -0.3 is 10.4 Å². The van der Waals surface area contributed by atoms with Gasteiger partial charge in [-0.25, -0.2) is 0 Å². The van der Waals surface area contributed by atoms with Crippen molar-refractivity contribution < 1.29 is 9.90 Å². The Hall–Kier alpha value is -0.570. The highest BCUT2D eigenvalue weighted by molar-refractivity contribution is 5.76. The SMILES string of the molecule is CC.CC.CCC1CCCCC1.CNC(=O)CO. The molecule has 3 heteroatoms. The number of aliphatic hydroxyl groups is 1. The number of aliphatic hydroxyl groups excluding tert-OH is 1. The summed E-state index contributed by atoms with van der Waals surface area (Å²) in [6.45, 7) is 9.90. The van der Waals surface area contributed by atoms with Crippen LogP contribution in [0.15, 0.2) is 0 Å². The number of amides is 1. The minimum Gasteiger partial charge on any atom is -0.387 e. The van der Waals surface area contributed by atoms with E-state index in [4.69, 9.17) is 5.11 Å². The van der Waals surface area contributed by atoms with Crippen LogP contribution in [0.2, 0.25) is 0 Å². The Morgan fingerprint density at radius 2 is 1.56 bits per heavy atom. The molecule has 0 aliphatic heterocycles. The molecule has 0 atom stereocenters. The zero-order valence-electron chi connectivity index (χ0n) is 13.4. The van der Waals surface area contributed by atoms with Gasteiger partial charge in [0.05, 0.1) is 0 Å². The van der Waals surface area contributed by atoms with E-state index in [9.17, 15) is 4.79 Å². The van der Waals surface area contributed by atoms with Crippen molar-refractivity contribution in [2.45, 2.75) is 73.1 Å². The molecule has 0 bridgehead atoms. The van der Waals surface area contributed by atoms with Crippen LogP contribution in [-0.2, 0) is 4.79 Å². The number of nitrogens with one attached hydrogen (secondary N) is 1. The average Bonchev–Trinajstić information content (AvgIpc) is 2.51. The van der Waals surface area contributed by atoms with E-state index in [2.05, 4.69) is 12.2 Å². The molecule has 0 spiro atoms. The van der Waals surface area contributed by atoms with E-state index >= 15 is 0 Å². The normalized spacial score (nSPS) is 13.7. The molecule has 0 aromatic heterocycles. The molecule has 1 aliphatic rings. The second-order valence-corrected chi connectivity index (χ2v) is 3.74. The van der Waals surface area contributed by atoms with Gasteiger partial charge in [-0.1, -0.05) is 73.1 Å². The van der Waals surface area contributed by atoms with Crippen LogP contribution in [0.4, 0.5) is 0 Å². The second-order valence-electron chi connectivity index (χ2n) is 3.74. The molecule has 2 N–H and O–H groups in total. The van der Waals surface area contributed by atoms with Crippen molar-refractivity contribution in [1.82, 2.24) is 5.32 Å². The lowest BCUT2D eigenvalue weighted by Gasteiger charge is -2.18. The lowest BCUT2D eigenvalue weighted by atomic mass is 9.88. The van der Waals surface area contributed by atoms with Gasteiger partial charge in [0.25, 0.3) is 0 Å². The number of hydrogen-bond acceptors (Lipinski definition) is 2. The van der Waals surface area contributed by atoms with E-state index in [0.717, 1.165) is 5.92 Å². The Morgan fingerprint density at radius 1 is 1.11 bits per heavy atom. The van der Waals surface area contributed by atoms with Crippen LogP contribution < -0.4 is 5.32 Å². The summed E-state index contributed by atoms with van der Waals surface area (Å²) in [6, 6.07) is 0. The Kier molecular flexibility index (Phi) is 27.2. The number of hydrogen-bond donors (Lipinski definition) is 2. The van der Waals surface area contributed by atoms with Crippen LogP contribution in [0.25, 0.3) is 0 Å². The van der Waals surface area contributed by atoms with E-state index in [1.165, 1.54) is 45.6 Å². The van der Waals surface area contributed by atoms with Crippen LogP contribution in [-0.4, -0.2) is 24.7 Å². The molecule has 18 heavy (non-hydrogen) atoms. The highest BCUT2D eigenvalue weighted by Crippen LogP contribution is 2.25. The first-order valence-corrected chi connectivity index (χ1v) is 7.56. The standard InChI is InChI=1S/C8H16.C3H7NO2.2C2H6/c1-2-8-6-4-3-5-7-8;1-4-3(6)2-5;2*1-2/h8H,2-7H2,1H3;5H,2H2,1H3,(H,4,6);2*1-2H3. The molecule has 1 fully saturated rings. The molecule has 0 aromatic rings. The topological polar surface area (TPSA) is 49.3 Å². The Labute approximate surface area is 114 Å². The average molecular weight is 261 g/mol. The summed E-state index contributed by atoms with van der Waals surface area (Å²) in [5, 5.41) is 10.1. The molecule has 0 radical (unpaired) electrons. The van der Waals surface area contributed by atoms with Crippen molar-refractivity contribution in [3.05, 3.63) is 0 Å². The fourth-order valence-electron chi connectivity index (χ4n) is 1.67. The third-order valence-corrected chi connectivity index (χ3v) is 2.72. The Balaban J connectivity index is -0.000000201. The van der Waals surface area contributed by atoms with Gasteiger partial charge in [0.2, 0.25) is 5.91 Å². The van der Waals surface area contributed by atoms with E-state index in [-0.39, 0.29) is 5.91 Å². The monoisotopic (exact) mass is 261 g/mol. The van der Waals surface area contributed by atoms with Gasteiger partial charge in [0, 0.05) is 7.05 Å². The van der Waals surface area contributed by atoms with Gasteiger partial charge in [-0.3, -0.25) is 4.79 Å². The number of likely N-dealkylation sites (N-methyl/N-ethyl adjacent to an activating group) is 1. The maximum atomic E-state index is 9.82. The molecule has 1 aliphatic carbocycles. The Bertz CT molecular complexity index is 137. The smallest absolute Gasteiger partial charge is 0.245 e. The van der Waals surface area contributed by atoms with Gasteiger partial charge in [0.15, 0.2) is 0 Å². The summed E-state index contributed by atoms with van der Waals surface area (Å²) in [5.41, 5.74) is 0. The molecular formula is C15H35NO2.